The molecule has 2 aliphatic rings. The zero-order chi connectivity index (χ0) is 23.8. The Bertz CT molecular complexity index is 1310. The van der Waals surface area contributed by atoms with Crippen LogP contribution < -0.4 is 14.4 Å². The van der Waals surface area contributed by atoms with E-state index in [1.54, 1.807) is 54.1 Å². The van der Waals surface area contributed by atoms with Gasteiger partial charge < -0.3 is 14.6 Å². The highest BCUT2D eigenvalue weighted by Crippen LogP contribution is 2.44. The predicted octanol–water partition coefficient (Wildman–Crippen LogP) is 4.66. The number of carbonyl (C=O) groups excluding carboxylic acids is 2. The standard InChI is InChI=1S/C26H22N2O5S/c1-3-10-32-19-6-4-5-16(14-19)22-21(24(30)25(31)28(22)26-27-9-11-34-26)23(29)17-7-8-20-18(13-17)12-15(2)33-20/h3-9,11,13-15,22,29H,1,10,12H2,2H3/t15-,22+/m0/s1. The lowest BCUT2D eigenvalue weighted by Crippen LogP contribution is -2.29. The van der Waals surface area contributed by atoms with E-state index in [9.17, 15) is 14.7 Å². The van der Waals surface area contributed by atoms with Crippen molar-refractivity contribution in [3.63, 3.8) is 0 Å². The fourth-order valence-electron chi connectivity index (χ4n) is 4.33. The number of Topliss-reactive ketones (excluding diaryl/α,β-unsaturated/α-hetero) is 1. The van der Waals surface area contributed by atoms with Crippen molar-refractivity contribution in [1.29, 1.82) is 0 Å². The number of hydrogen-bond donors (Lipinski definition) is 1. The third kappa shape index (κ3) is 3.76. The third-order valence-electron chi connectivity index (χ3n) is 5.78. The maximum Gasteiger partial charge on any atom is 0.301 e. The maximum absolute atomic E-state index is 13.3. The molecule has 0 bridgehead atoms. The van der Waals surface area contributed by atoms with Gasteiger partial charge in [0.05, 0.1) is 11.6 Å². The number of aromatic nitrogens is 1. The van der Waals surface area contributed by atoms with Crippen molar-refractivity contribution in [2.75, 3.05) is 11.5 Å². The molecular formula is C26H22N2O5S. The molecule has 3 aromatic rings. The Kier molecular flexibility index (Phi) is 5.67. The van der Waals surface area contributed by atoms with Gasteiger partial charge in [-0.2, -0.15) is 0 Å². The van der Waals surface area contributed by atoms with Crippen LogP contribution in [0.15, 0.2) is 72.3 Å². The van der Waals surface area contributed by atoms with Crippen LogP contribution in [-0.4, -0.2) is 34.5 Å². The normalized spacial score (nSPS) is 20.8. The second-order valence-corrected chi connectivity index (χ2v) is 8.98. The van der Waals surface area contributed by atoms with E-state index in [1.165, 1.54) is 16.2 Å². The zero-order valence-electron chi connectivity index (χ0n) is 18.4. The highest BCUT2D eigenvalue weighted by atomic mass is 32.1. The van der Waals surface area contributed by atoms with Crippen molar-refractivity contribution < 1.29 is 24.2 Å². The lowest BCUT2D eigenvalue weighted by Gasteiger charge is -2.23. The van der Waals surface area contributed by atoms with E-state index in [0.717, 1.165) is 11.3 Å². The van der Waals surface area contributed by atoms with Gasteiger partial charge in [0.15, 0.2) is 5.13 Å². The number of thiazole rings is 1. The van der Waals surface area contributed by atoms with Gasteiger partial charge in [0, 0.05) is 23.6 Å². The molecule has 172 valence electrons. The predicted molar refractivity (Wildman–Crippen MR) is 129 cm³/mol. The van der Waals surface area contributed by atoms with E-state index >= 15 is 0 Å². The maximum atomic E-state index is 13.3. The second-order valence-electron chi connectivity index (χ2n) is 8.11. The molecule has 1 N–H and O–H groups in total. The molecule has 0 aliphatic carbocycles. The number of aliphatic hydroxyl groups excluding tert-OH is 1. The van der Waals surface area contributed by atoms with E-state index < -0.39 is 17.7 Å². The molecule has 5 rings (SSSR count). The first kappa shape index (κ1) is 21.9. The van der Waals surface area contributed by atoms with Gasteiger partial charge in [-0.15, -0.1) is 11.3 Å². The van der Waals surface area contributed by atoms with Gasteiger partial charge in [-0.05, 0) is 48.4 Å². The minimum atomic E-state index is -0.859. The first-order valence-electron chi connectivity index (χ1n) is 10.8. The summed E-state index contributed by atoms with van der Waals surface area (Å²) in [7, 11) is 0. The third-order valence-corrected chi connectivity index (χ3v) is 6.55. The first-order valence-corrected chi connectivity index (χ1v) is 11.7. The Hall–Kier alpha value is -3.91. The van der Waals surface area contributed by atoms with Crippen LogP contribution in [0.25, 0.3) is 5.76 Å². The number of ketones is 1. The molecule has 1 saturated heterocycles. The molecule has 1 fully saturated rings. The van der Waals surface area contributed by atoms with E-state index in [0.29, 0.717) is 35.0 Å². The summed E-state index contributed by atoms with van der Waals surface area (Å²) >= 11 is 1.25. The SMILES string of the molecule is C=CCOc1cccc([C@@H]2C(=C(O)c3ccc4c(c3)C[C@H](C)O4)C(=O)C(=O)N2c2nccs2)c1. The van der Waals surface area contributed by atoms with Crippen LogP contribution in [0.2, 0.25) is 0 Å². The Labute approximate surface area is 200 Å². The number of anilines is 1. The number of benzene rings is 2. The van der Waals surface area contributed by atoms with Crippen LogP contribution >= 0.6 is 11.3 Å². The Morgan fingerprint density at radius 3 is 2.94 bits per heavy atom. The van der Waals surface area contributed by atoms with Crippen molar-refractivity contribution >= 4 is 33.9 Å². The molecule has 7 nitrogen and oxygen atoms in total. The Morgan fingerprint density at radius 2 is 2.18 bits per heavy atom. The highest BCUT2D eigenvalue weighted by molar-refractivity contribution is 7.14. The number of rotatable bonds is 6. The molecule has 1 aromatic heterocycles. The fraction of sp³-hybridized carbons (Fsp3) is 0.192. The molecule has 3 heterocycles. The van der Waals surface area contributed by atoms with Crippen molar-refractivity contribution in [2.45, 2.75) is 25.5 Å². The van der Waals surface area contributed by atoms with Gasteiger partial charge in [0.1, 0.15) is 30.0 Å². The first-order chi connectivity index (χ1) is 16.5. The van der Waals surface area contributed by atoms with E-state index in [4.69, 9.17) is 9.47 Å². The van der Waals surface area contributed by atoms with E-state index in [-0.39, 0.29) is 17.4 Å². The number of carbonyl (C=O) groups is 2. The molecule has 1 amide bonds. The van der Waals surface area contributed by atoms with Crippen LogP contribution in [-0.2, 0) is 16.0 Å². The van der Waals surface area contributed by atoms with E-state index in [2.05, 4.69) is 11.6 Å². The van der Waals surface area contributed by atoms with Gasteiger partial charge in [-0.3, -0.25) is 14.5 Å². The largest absolute Gasteiger partial charge is 0.507 e. The summed E-state index contributed by atoms with van der Waals surface area (Å²) < 4.78 is 11.4. The number of hydrogen-bond acceptors (Lipinski definition) is 7. The van der Waals surface area contributed by atoms with Gasteiger partial charge >= 0.3 is 5.91 Å². The van der Waals surface area contributed by atoms with Crippen LogP contribution in [0.5, 0.6) is 11.5 Å². The van der Waals surface area contributed by atoms with Gasteiger partial charge in [0.25, 0.3) is 5.78 Å². The minimum Gasteiger partial charge on any atom is -0.507 e. The summed E-state index contributed by atoms with van der Waals surface area (Å²) in [5, 5.41) is 13.4. The molecule has 0 unspecified atom stereocenters. The molecule has 0 spiro atoms. The average molecular weight is 475 g/mol. The van der Waals surface area contributed by atoms with Crippen molar-refractivity contribution in [3.05, 3.63) is 89.0 Å². The molecule has 0 saturated carbocycles. The zero-order valence-corrected chi connectivity index (χ0v) is 19.2. The smallest absolute Gasteiger partial charge is 0.301 e. The number of fused-ring (bicyclic) bond motifs is 1. The monoisotopic (exact) mass is 474 g/mol. The number of amides is 1. The van der Waals surface area contributed by atoms with Crippen molar-refractivity contribution in [1.82, 2.24) is 4.98 Å². The molecule has 2 aromatic carbocycles. The quantitative estimate of drug-likeness (QED) is 0.242. The molecule has 2 aliphatic heterocycles. The molecule has 2 atom stereocenters. The average Bonchev–Trinajstić information content (AvgIpc) is 3.55. The minimum absolute atomic E-state index is 0.00739. The van der Waals surface area contributed by atoms with Gasteiger partial charge in [-0.25, -0.2) is 4.98 Å². The lowest BCUT2D eigenvalue weighted by atomic mass is 9.94. The van der Waals surface area contributed by atoms with Gasteiger partial charge in [-0.1, -0.05) is 24.8 Å². The summed E-state index contributed by atoms with van der Waals surface area (Å²) in [6, 6.07) is 11.5. The number of nitrogens with zero attached hydrogens (tertiary/aromatic N) is 2. The fourth-order valence-corrected chi connectivity index (χ4v) is 5.00. The molecule has 34 heavy (non-hydrogen) atoms. The number of aliphatic hydroxyl groups is 1. The van der Waals surface area contributed by atoms with Crippen LogP contribution in [0, 0.1) is 0 Å². The summed E-state index contributed by atoms with van der Waals surface area (Å²) in [6.07, 6.45) is 3.95. The van der Waals surface area contributed by atoms with Crippen molar-refractivity contribution in [3.8, 4) is 11.5 Å². The van der Waals surface area contributed by atoms with Crippen LogP contribution in [0.4, 0.5) is 5.13 Å². The summed E-state index contributed by atoms with van der Waals surface area (Å²) in [4.78, 5) is 32.0. The Balaban J connectivity index is 1.66. The topological polar surface area (TPSA) is 89.0 Å². The lowest BCUT2D eigenvalue weighted by molar-refractivity contribution is -0.132. The summed E-state index contributed by atoms with van der Waals surface area (Å²) in [6.45, 7) is 5.94. The van der Waals surface area contributed by atoms with Crippen molar-refractivity contribution in [2.24, 2.45) is 0 Å². The molecule has 8 heteroatoms. The van der Waals surface area contributed by atoms with E-state index in [1.807, 2.05) is 13.0 Å². The van der Waals surface area contributed by atoms with Gasteiger partial charge in [0.2, 0.25) is 0 Å². The second kappa shape index (κ2) is 8.79. The summed E-state index contributed by atoms with van der Waals surface area (Å²) in [5.74, 6) is -0.416. The summed E-state index contributed by atoms with van der Waals surface area (Å²) in [5.41, 5.74) is 2.03. The molecular weight excluding hydrogens is 452 g/mol. The molecule has 0 radical (unpaired) electrons. The van der Waals surface area contributed by atoms with Crippen LogP contribution in [0.1, 0.15) is 29.7 Å². The van der Waals surface area contributed by atoms with Crippen LogP contribution in [0.3, 0.4) is 0 Å². The highest BCUT2D eigenvalue weighted by Gasteiger charge is 2.48. The Morgan fingerprint density at radius 1 is 1.32 bits per heavy atom. The number of ether oxygens (including phenoxy) is 2.